The number of carbonyl (C=O) groups is 1. The number of nitrogens with zero attached hydrogens (tertiary/aromatic N) is 6. The first-order chi connectivity index (χ1) is 17.0. The first-order valence-corrected chi connectivity index (χ1v) is 11.2. The van der Waals surface area contributed by atoms with Crippen LogP contribution in [0.4, 0.5) is 25.1 Å². The van der Waals surface area contributed by atoms with Gasteiger partial charge in [-0.1, -0.05) is 0 Å². The predicted octanol–water partition coefficient (Wildman–Crippen LogP) is 3.36. The Hall–Kier alpha value is -4.10. The van der Waals surface area contributed by atoms with Crippen LogP contribution in [0.3, 0.4) is 0 Å². The van der Waals surface area contributed by atoms with E-state index in [2.05, 4.69) is 20.4 Å². The zero-order chi connectivity index (χ0) is 26.0. The highest BCUT2D eigenvalue weighted by Crippen LogP contribution is 2.40. The number of fused-ring (bicyclic) bond motifs is 1. The molecule has 1 saturated heterocycles. The Morgan fingerprint density at radius 1 is 1.36 bits per heavy atom. The van der Waals surface area contributed by atoms with E-state index in [9.17, 15) is 23.7 Å². The van der Waals surface area contributed by atoms with Gasteiger partial charge in [-0.25, -0.2) is 28.1 Å². The molecule has 4 heterocycles. The number of alkyl halides is 1. The minimum atomic E-state index is -1.27. The van der Waals surface area contributed by atoms with Gasteiger partial charge in [0.1, 0.15) is 36.2 Å². The molecule has 0 aromatic carbocycles. The number of nitro groups is 1. The summed E-state index contributed by atoms with van der Waals surface area (Å²) in [5.74, 6) is -0.303. The molecule has 12 nitrogen and oxygen atoms in total. The molecule has 0 spiro atoms. The number of anilines is 1. The van der Waals surface area contributed by atoms with Crippen LogP contribution in [-0.2, 0) is 4.74 Å². The summed E-state index contributed by atoms with van der Waals surface area (Å²) in [5, 5.41) is 17.8. The van der Waals surface area contributed by atoms with Crippen LogP contribution in [0.25, 0.3) is 5.65 Å². The van der Waals surface area contributed by atoms with Crippen molar-refractivity contribution in [3.8, 4) is 5.88 Å². The number of rotatable bonds is 7. The third-order valence-corrected chi connectivity index (χ3v) is 5.29. The summed E-state index contributed by atoms with van der Waals surface area (Å²) in [7, 11) is 0. The summed E-state index contributed by atoms with van der Waals surface area (Å²) in [6.07, 6.45) is 1.67. The van der Waals surface area contributed by atoms with Crippen molar-refractivity contribution >= 4 is 23.2 Å². The number of ether oxygens (including phenoxy) is 2. The lowest BCUT2D eigenvalue weighted by molar-refractivity contribution is -0.383. The fourth-order valence-corrected chi connectivity index (χ4v) is 3.89. The van der Waals surface area contributed by atoms with E-state index in [-0.39, 0.29) is 54.7 Å². The molecule has 0 saturated carbocycles. The monoisotopic (exact) mass is 505 g/mol. The lowest BCUT2D eigenvalue weighted by atomic mass is 10.1. The zero-order valence-electron chi connectivity index (χ0n) is 19.9. The van der Waals surface area contributed by atoms with Crippen LogP contribution in [0.5, 0.6) is 5.88 Å². The molecule has 2 atom stereocenters. The molecule has 14 heteroatoms. The lowest BCUT2D eigenvalue weighted by Crippen LogP contribution is -2.34. The Kier molecular flexibility index (Phi) is 6.86. The van der Waals surface area contributed by atoms with E-state index in [1.807, 2.05) is 0 Å². The number of hydrogen-bond acceptors (Lipinski definition) is 9. The molecule has 1 aliphatic heterocycles. The molecule has 3 aromatic rings. The van der Waals surface area contributed by atoms with E-state index >= 15 is 0 Å². The molecule has 1 N–H and O–H groups in total. The average Bonchev–Trinajstić information content (AvgIpc) is 3.39. The Bertz CT molecular complexity index is 1280. The van der Waals surface area contributed by atoms with Crippen LogP contribution in [0, 0.1) is 15.9 Å². The third-order valence-electron chi connectivity index (χ3n) is 5.29. The highest BCUT2D eigenvalue weighted by Gasteiger charge is 2.37. The molecule has 3 aromatic heterocycles. The maximum Gasteiger partial charge on any atom is 0.407 e. The highest BCUT2D eigenvalue weighted by molar-refractivity contribution is 5.67. The number of aromatic nitrogens is 4. The van der Waals surface area contributed by atoms with Crippen molar-refractivity contribution in [3.63, 3.8) is 0 Å². The Balaban J connectivity index is 1.55. The fourth-order valence-electron chi connectivity index (χ4n) is 3.89. The van der Waals surface area contributed by atoms with Crippen LogP contribution >= 0.6 is 0 Å². The van der Waals surface area contributed by atoms with E-state index in [1.54, 1.807) is 31.7 Å². The SMILES string of the molecule is CC(C)(C)OC(=O)NCCOc1ncc(F)cc1[C@H]1C[C@H](F)CN1c1ccn2ncc([N+](=O)[O-])c2n1. The van der Waals surface area contributed by atoms with Gasteiger partial charge in [0.15, 0.2) is 0 Å². The number of nitrogens with one attached hydrogen (secondary N) is 1. The minimum absolute atomic E-state index is 0.000571. The van der Waals surface area contributed by atoms with Gasteiger partial charge in [-0.05, 0) is 32.9 Å². The van der Waals surface area contributed by atoms with Gasteiger partial charge in [0.2, 0.25) is 11.5 Å². The van der Waals surface area contributed by atoms with E-state index in [0.29, 0.717) is 0 Å². The molecule has 0 radical (unpaired) electrons. The second-order valence-electron chi connectivity index (χ2n) is 9.17. The molecule has 1 aliphatic rings. The molecule has 36 heavy (non-hydrogen) atoms. The van der Waals surface area contributed by atoms with Gasteiger partial charge in [-0.3, -0.25) is 10.1 Å². The first kappa shape index (κ1) is 25.0. The summed E-state index contributed by atoms with van der Waals surface area (Å²) in [6.45, 7) is 5.24. The zero-order valence-corrected chi connectivity index (χ0v) is 19.9. The van der Waals surface area contributed by atoms with Crippen molar-refractivity contribution < 1.29 is 28.0 Å². The summed E-state index contributed by atoms with van der Waals surface area (Å²) < 4.78 is 40.9. The fraction of sp³-hybridized carbons (Fsp3) is 0.455. The van der Waals surface area contributed by atoms with Crippen LogP contribution in [0.2, 0.25) is 0 Å². The number of amides is 1. The Morgan fingerprint density at radius 3 is 2.86 bits per heavy atom. The largest absolute Gasteiger partial charge is 0.476 e. The molecule has 192 valence electrons. The standard InChI is InChI=1S/C22H25F2N7O5/c1-22(2,3)36-21(32)25-5-7-35-20-15(8-13(23)10-26-20)16-9-14(24)12-29(16)18-4-6-30-19(28-18)17(11-27-30)31(33)34/h4,6,8,10-11,14,16H,5,7,9,12H2,1-3H3,(H,25,32)/t14-,16+/m0/s1. The summed E-state index contributed by atoms with van der Waals surface area (Å²) in [6, 6.07) is 2.06. The molecular formula is C22H25F2N7O5. The van der Waals surface area contributed by atoms with Crippen LogP contribution in [0.1, 0.15) is 38.8 Å². The van der Waals surface area contributed by atoms with Crippen molar-refractivity contribution in [2.75, 3.05) is 24.6 Å². The Labute approximate surface area is 204 Å². The number of pyridine rings is 1. The molecule has 0 unspecified atom stereocenters. The van der Waals surface area contributed by atoms with E-state index in [0.717, 1.165) is 12.4 Å². The Morgan fingerprint density at radius 2 is 2.14 bits per heavy atom. The maximum absolute atomic E-state index is 14.6. The quantitative estimate of drug-likeness (QED) is 0.291. The molecule has 1 fully saturated rings. The minimum Gasteiger partial charge on any atom is -0.476 e. The van der Waals surface area contributed by atoms with Crippen LogP contribution in [-0.4, -0.2) is 62.1 Å². The predicted molar refractivity (Wildman–Crippen MR) is 123 cm³/mol. The van der Waals surface area contributed by atoms with Gasteiger partial charge in [0, 0.05) is 18.2 Å². The molecule has 0 aliphatic carbocycles. The van der Waals surface area contributed by atoms with Gasteiger partial charge in [0.25, 0.3) is 0 Å². The second-order valence-corrected chi connectivity index (χ2v) is 9.17. The number of carbonyl (C=O) groups excluding carboxylic acids is 1. The average molecular weight is 505 g/mol. The molecule has 0 bridgehead atoms. The lowest BCUT2D eigenvalue weighted by Gasteiger charge is -2.26. The van der Waals surface area contributed by atoms with Crippen molar-refractivity contribution in [3.05, 3.63) is 52.2 Å². The van der Waals surface area contributed by atoms with Crippen molar-refractivity contribution in [2.45, 2.75) is 45.0 Å². The van der Waals surface area contributed by atoms with Crippen molar-refractivity contribution in [1.82, 2.24) is 24.9 Å². The molecule has 4 rings (SSSR count). The van der Waals surface area contributed by atoms with Crippen LogP contribution < -0.4 is 15.0 Å². The number of hydrogen-bond donors (Lipinski definition) is 1. The molecule has 1 amide bonds. The van der Waals surface area contributed by atoms with E-state index in [4.69, 9.17) is 9.47 Å². The van der Waals surface area contributed by atoms with Crippen molar-refractivity contribution in [2.24, 2.45) is 0 Å². The summed E-state index contributed by atoms with van der Waals surface area (Å²) in [5.41, 5.74) is -0.657. The van der Waals surface area contributed by atoms with Crippen LogP contribution in [0.15, 0.2) is 30.7 Å². The second kappa shape index (κ2) is 9.87. The van der Waals surface area contributed by atoms with Gasteiger partial charge < -0.3 is 19.7 Å². The van der Waals surface area contributed by atoms with Gasteiger partial charge in [0.05, 0.1) is 30.3 Å². The van der Waals surface area contributed by atoms with E-state index in [1.165, 1.54) is 16.8 Å². The van der Waals surface area contributed by atoms with Crippen molar-refractivity contribution in [1.29, 1.82) is 0 Å². The summed E-state index contributed by atoms with van der Waals surface area (Å²) in [4.78, 5) is 32.4. The number of halogens is 2. The van der Waals surface area contributed by atoms with E-state index < -0.39 is 34.6 Å². The first-order valence-electron chi connectivity index (χ1n) is 11.2. The smallest absolute Gasteiger partial charge is 0.407 e. The normalized spacial score (nSPS) is 17.9. The number of alkyl carbamates (subject to hydrolysis) is 1. The van der Waals surface area contributed by atoms with Gasteiger partial charge in [-0.2, -0.15) is 5.10 Å². The topological polar surface area (TPSA) is 137 Å². The summed E-state index contributed by atoms with van der Waals surface area (Å²) >= 11 is 0. The molecular weight excluding hydrogens is 480 g/mol. The van der Waals surface area contributed by atoms with Gasteiger partial charge in [-0.15, -0.1) is 0 Å². The van der Waals surface area contributed by atoms with Gasteiger partial charge >= 0.3 is 11.8 Å². The highest BCUT2D eigenvalue weighted by atomic mass is 19.1. The maximum atomic E-state index is 14.6. The third kappa shape index (κ3) is 5.58.